The third kappa shape index (κ3) is 4.86. The number of thiophene rings is 1. The zero-order chi connectivity index (χ0) is 38.6. The molecule has 2 aromatic heterocycles. The molecule has 0 saturated heterocycles. The zero-order valence-electron chi connectivity index (χ0n) is 31.8. The van der Waals surface area contributed by atoms with Crippen LogP contribution in [0.25, 0.3) is 130 Å². The van der Waals surface area contributed by atoms with Crippen molar-refractivity contribution in [2.24, 2.45) is 0 Å². The Balaban J connectivity index is 1.13. The highest BCUT2D eigenvalue weighted by Gasteiger charge is 2.20. The van der Waals surface area contributed by atoms with Gasteiger partial charge in [0.15, 0.2) is 5.82 Å². The Morgan fingerprint density at radius 1 is 0.305 bits per heavy atom. The quantitative estimate of drug-likeness (QED) is 0.167. The van der Waals surface area contributed by atoms with Crippen molar-refractivity contribution in [3.8, 4) is 45.0 Å². The van der Waals surface area contributed by atoms with Crippen LogP contribution in [-0.2, 0) is 0 Å². The van der Waals surface area contributed by atoms with Gasteiger partial charge in [0, 0.05) is 42.4 Å². The van der Waals surface area contributed by atoms with Crippen LogP contribution in [-0.4, -0.2) is 9.97 Å². The topological polar surface area (TPSA) is 25.8 Å². The van der Waals surface area contributed by atoms with Crippen LogP contribution >= 0.6 is 11.3 Å². The largest absolute Gasteiger partial charge is 0.228 e. The van der Waals surface area contributed by atoms with E-state index in [0.717, 1.165) is 33.6 Å². The number of hydrogen-bond acceptors (Lipinski definition) is 3. The number of benzene rings is 10. The van der Waals surface area contributed by atoms with Gasteiger partial charge in [-0.05, 0) is 94.5 Å². The van der Waals surface area contributed by atoms with E-state index in [2.05, 4.69) is 188 Å². The van der Waals surface area contributed by atoms with Crippen LogP contribution in [0.15, 0.2) is 194 Å². The maximum absolute atomic E-state index is 5.40. The van der Waals surface area contributed by atoms with Crippen LogP contribution in [0.4, 0.5) is 0 Å². The van der Waals surface area contributed by atoms with Gasteiger partial charge in [0.2, 0.25) is 0 Å². The molecule has 0 aliphatic carbocycles. The first kappa shape index (κ1) is 32.6. The molecular weight excluding hydrogens is 733 g/mol. The van der Waals surface area contributed by atoms with E-state index in [4.69, 9.17) is 9.97 Å². The summed E-state index contributed by atoms with van der Waals surface area (Å²) in [6.07, 6.45) is 0. The summed E-state index contributed by atoms with van der Waals surface area (Å²) in [4.78, 5) is 10.8. The molecule has 0 N–H and O–H groups in total. The van der Waals surface area contributed by atoms with E-state index in [1.165, 1.54) is 90.4 Å². The average Bonchev–Trinajstić information content (AvgIpc) is 3.69. The molecule has 0 spiro atoms. The Morgan fingerprint density at radius 2 is 0.831 bits per heavy atom. The molecule has 11 aromatic carbocycles. The van der Waals surface area contributed by atoms with Crippen molar-refractivity contribution in [2.75, 3.05) is 0 Å². The van der Waals surface area contributed by atoms with Gasteiger partial charge in [0.25, 0.3) is 0 Å². The average molecular weight is 765 g/mol. The predicted octanol–water partition coefficient (Wildman–Crippen LogP) is 15.9. The summed E-state index contributed by atoms with van der Waals surface area (Å²) in [5, 5.41) is 17.7. The number of hydrogen-bond donors (Lipinski definition) is 0. The van der Waals surface area contributed by atoms with Gasteiger partial charge in [-0.25, -0.2) is 9.97 Å². The molecule has 0 amide bonds. The summed E-state index contributed by atoms with van der Waals surface area (Å²) in [6.45, 7) is 0. The molecular formula is C56H32N2S. The SMILES string of the molecule is c1ccc(-c2nc(-c3cc4ccc5cccc6c7cccc8ccc9cccc(c(c3)c4c56)c9c87)cc(-c3ccccc3-c3cccc4c3sc3ccccc34)n2)cc1. The normalized spacial score (nSPS) is 12.1. The molecule has 2 nitrogen and oxygen atoms in total. The van der Waals surface area contributed by atoms with Gasteiger partial charge in [0.05, 0.1) is 11.4 Å². The van der Waals surface area contributed by atoms with Gasteiger partial charge >= 0.3 is 0 Å². The first-order chi connectivity index (χ1) is 29.2. The van der Waals surface area contributed by atoms with Crippen molar-refractivity contribution in [2.45, 2.75) is 0 Å². The summed E-state index contributed by atoms with van der Waals surface area (Å²) in [5.41, 5.74) is 7.29. The molecule has 59 heavy (non-hydrogen) atoms. The number of rotatable bonds is 4. The van der Waals surface area contributed by atoms with E-state index >= 15 is 0 Å². The third-order valence-corrected chi connectivity index (χ3v) is 13.6. The van der Waals surface area contributed by atoms with Gasteiger partial charge in [0.1, 0.15) is 0 Å². The van der Waals surface area contributed by atoms with Crippen LogP contribution < -0.4 is 0 Å². The first-order valence-electron chi connectivity index (χ1n) is 20.1. The Labute approximate surface area is 343 Å². The Hall–Kier alpha value is -7.46. The Kier molecular flexibility index (Phi) is 6.92. The highest BCUT2D eigenvalue weighted by Crippen LogP contribution is 2.46. The van der Waals surface area contributed by atoms with Crippen LogP contribution in [0, 0.1) is 0 Å². The smallest absolute Gasteiger partial charge is 0.160 e. The predicted molar refractivity (Wildman–Crippen MR) is 253 cm³/mol. The lowest BCUT2D eigenvalue weighted by molar-refractivity contribution is 1.18. The van der Waals surface area contributed by atoms with E-state index in [1.807, 2.05) is 17.4 Å². The second-order valence-electron chi connectivity index (χ2n) is 15.6. The van der Waals surface area contributed by atoms with E-state index < -0.39 is 0 Å². The molecule has 0 radical (unpaired) electrons. The molecule has 0 aliphatic rings. The van der Waals surface area contributed by atoms with Crippen LogP contribution in [0.1, 0.15) is 0 Å². The van der Waals surface area contributed by atoms with E-state index in [1.54, 1.807) is 0 Å². The number of aromatic nitrogens is 2. The van der Waals surface area contributed by atoms with Crippen molar-refractivity contribution >= 4 is 96.1 Å². The van der Waals surface area contributed by atoms with Crippen molar-refractivity contribution < 1.29 is 0 Å². The molecule has 272 valence electrons. The molecule has 0 bridgehead atoms. The molecule has 3 heteroatoms. The number of fused-ring (bicyclic) bond motifs is 5. The van der Waals surface area contributed by atoms with Crippen molar-refractivity contribution in [1.29, 1.82) is 0 Å². The molecule has 0 fully saturated rings. The highest BCUT2D eigenvalue weighted by atomic mass is 32.1. The fourth-order valence-electron chi connectivity index (χ4n) is 9.78. The molecule has 2 heterocycles. The molecule has 0 unspecified atom stereocenters. The lowest BCUT2D eigenvalue weighted by Crippen LogP contribution is -1.97. The van der Waals surface area contributed by atoms with Gasteiger partial charge in [-0.1, -0.05) is 170 Å². The molecule has 0 aliphatic heterocycles. The Bertz CT molecular complexity index is 3840. The molecule has 13 aromatic rings. The fourth-order valence-corrected chi connectivity index (χ4v) is 11.0. The fraction of sp³-hybridized carbons (Fsp3) is 0. The van der Waals surface area contributed by atoms with Crippen LogP contribution in [0.2, 0.25) is 0 Å². The van der Waals surface area contributed by atoms with Crippen molar-refractivity contribution in [3.63, 3.8) is 0 Å². The van der Waals surface area contributed by atoms with Crippen molar-refractivity contribution in [1.82, 2.24) is 9.97 Å². The Morgan fingerprint density at radius 3 is 1.56 bits per heavy atom. The second kappa shape index (κ2) is 12.5. The molecule has 13 rings (SSSR count). The minimum absolute atomic E-state index is 0.706. The minimum Gasteiger partial charge on any atom is -0.228 e. The number of nitrogens with zero attached hydrogens (tertiary/aromatic N) is 2. The highest BCUT2D eigenvalue weighted by molar-refractivity contribution is 7.26. The maximum Gasteiger partial charge on any atom is 0.160 e. The van der Waals surface area contributed by atoms with Gasteiger partial charge in [-0.2, -0.15) is 0 Å². The second-order valence-corrected chi connectivity index (χ2v) is 16.7. The van der Waals surface area contributed by atoms with E-state index in [0.29, 0.717) is 5.82 Å². The summed E-state index contributed by atoms with van der Waals surface area (Å²) in [6, 6.07) is 70.9. The van der Waals surface area contributed by atoms with Crippen LogP contribution in [0.3, 0.4) is 0 Å². The lowest BCUT2D eigenvalue weighted by Gasteiger charge is -2.17. The zero-order valence-corrected chi connectivity index (χ0v) is 32.6. The van der Waals surface area contributed by atoms with Crippen molar-refractivity contribution in [3.05, 3.63) is 194 Å². The lowest BCUT2D eigenvalue weighted by atomic mass is 9.87. The first-order valence-corrected chi connectivity index (χ1v) is 21.0. The van der Waals surface area contributed by atoms with Gasteiger partial charge in [-0.3, -0.25) is 0 Å². The van der Waals surface area contributed by atoms with Crippen LogP contribution in [0.5, 0.6) is 0 Å². The summed E-state index contributed by atoms with van der Waals surface area (Å²) < 4.78 is 2.59. The van der Waals surface area contributed by atoms with Gasteiger partial charge in [-0.15, -0.1) is 11.3 Å². The summed E-state index contributed by atoms with van der Waals surface area (Å²) >= 11 is 1.86. The standard InChI is InChI=1S/C56H32N2S/c1-2-12-36(13-3-1)56-57-48(32-49(58-56)40-18-5-4-17-39(40)45-23-11-24-46-41-19-6-7-25-50(41)59-55(45)46)38-30-37-29-28-35-15-9-21-43-42-20-8-14-33-26-27-34-16-10-22-44(53(34)51(33)42)47(31-38)54(37)52(35)43/h1-32H. The van der Waals surface area contributed by atoms with Gasteiger partial charge < -0.3 is 0 Å². The van der Waals surface area contributed by atoms with E-state index in [9.17, 15) is 0 Å². The summed E-state index contributed by atoms with van der Waals surface area (Å²) in [5.74, 6) is 0.706. The minimum atomic E-state index is 0.706. The molecule has 0 atom stereocenters. The van der Waals surface area contributed by atoms with E-state index in [-0.39, 0.29) is 0 Å². The monoisotopic (exact) mass is 764 g/mol. The summed E-state index contributed by atoms with van der Waals surface area (Å²) in [7, 11) is 0. The third-order valence-electron chi connectivity index (χ3n) is 12.4. The maximum atomic E-state index is 5.40. The molecule has 0 saturated carbocycles.